The van der Waals surface area contributed by atoms with Gasteiger partial charge in [0.05, 0.1) is 39.3 Å². The van der Waals surface area contributed by atoms with E-state index in [2.05, 4.69) is 264 Å². The second-order valence-electron chi connectivity index (χ2n) is 35.2. The topological polar surface area (TPSA) is 478 Å². The molecule has 0 spiro atoms. The Morgan fingerprint density at radius 1 is 0.493 bits per heavy atom. The maximum atomic E-state index is 12.5. The number of rotatable bonds is 28. The fraction of sp³-hybridized carbons (Fsp3) is 0.469. The van der Waals surface area contributed by atoms with E-state index in [-0.39, 0.29) is 128 Å². The van der Waals surface area contributed by atoms with Crippen molar-refractivity contribution >= 4 is 318 Å². The third-order valence-corrected chi connectivity index (χ3v) is 30.5. The molecule has 0 aliphatic carbocycles. The molecule has 0 saturated carbocycles. The minimum absolute atomic E-state index is 0. The molecule has 0 saturated heterocycles. The monoisotopic (exact) mass is 2550 g/mol. The first-order chi connectivity index (χ1) is 68.1. The number of nitrogens with zero attached hydrogens (tertiary/aromatic N) is 5. The molecule has 1 unspecified atom stereocenters. The molecule has 0 amide bonds. The average Bonchev–Trinajstić information content (AvgIpc) is 1.56. The van der Waals surface area contributed by atoms with Gasteiger partial charge in [0.1, 0.15) is 24.5 Å². The number of thiophene rings is 5. The molecule has 0 fully saturated rings. The van der Waals surface area contributed by atoms with Gasteiger partial charge in [0, 0.05) is 191 Å². The quantitative estimate of drug-likeness (QED) is 0.00672. The Morgan fingerprint density at radius 3 is 1.34 bits per heavy atom. The number of hydrogen-bond acceptors (Lipinski definition) is 33. The van der Waals surface area contributed by atoms with Crippen molar-refractivity contribution in [3.63, 3.8) is 0 Å². The number of ether oxygens (including phenoxy) is 4. The van der Waals surface area contributed by atoms with E-state index < -0.39 is 85.2 Å². The summed E-state index contributed by atoms with van der Waals surface area (Å²) in [7, 11) is -18.2. The van der Waals surface area contributed by atoms with E-state index in [9.17, 15) is 22.6 Å². The van der Waals surface area contributed by atoms with Gasteiger partial charge in [-0.25, -0.2) is 0 Å². The summed E-state index contributed by atoms with van der Waals surface area (Å²) in [6.07, 6.45) is 21.7. The maximum absolute atomic E-state index is 12.5. The SMILES string of the molecule is C.C.CC1=Nc2ccc3sccc3c2C1(C)C.CC1=[N+](CCCCCC(=O)O)c2cc(C)c3sccc3c2C1(C)C.CCCC[N+]1=C(/C=C/C=C/C=C2/N(CCCCCOC=O)c3cc(S(=O)(=O)O)c4sccc4c3C2(C)C)C(C)(C)c2c1ccc1sccc21.CCCC[N+]1=C(C)C(C)(C)c2c1ccc1sccc21.COC(C)CC(OC)OC.O=S(=O)=O.O=S(=O)=O.O=S(=O)=O.O=S(=O)=O.O=S(=O)=O.O=S(=O)=O.[B-].[B].[B]I.[B]I.[K+]. The van der Waals surface area contributed by atoms with Gasteiger partial charge in [-0.05, 0) is 210 Å². The van der Waals surface area contributed by atoms with Gasteiger partial charge < -0.3 is 37.4 Å². The van der Waals surface area contributed by atoms with Crippen LogP contribution in [0.5, 0.6) is 0 Å². The Bertz CT molecular complexity index is 7060. The average molecular weight is 2550 g/mol. The van der Waals surface area contributed by atoms with Gasteiger partial charge in [0.15, 0.2) is 34.8 Å². The Hall–Kier alpha value is -6.59. The van der Waals surface area contributed by atoms with E-state index in [1.807, 2.05) is 41.0 Å². The molecule has 5 aliphatic heterocycles. The standard InChI is InChI=1S/C39H44N2O5S3.C20H25NO2S.C17H22NS.C13H13NS.C7H16O3.2CH4.2BI.2B.K.6O3S/c1-6-7-20-40-29-16-17-31-27(18-23-47-31)35(29)38(2,3)33(40)14-10-8-11-15-34-39(4,5)36-28-19-24-48-37(28)32(49(43,44)45)25-30(36)41(34)21-12-9-13-22-46-26-42;1-13-12-16-18(15-9-11-24-19(13)15)20(3,4)14(2)21(16)10-7-5-6-8-17(22)23;1-5-6-10-18-12(2)17(3,4)16-13-9-11-19-15(13)8-7-14(16)18;1-8-13(2,3)12-9-6-7-15-11(9)5-4-10(12)14-8;1-6(8-2)5-7(9-3)10-4;;;2*1-2;;;;6*1-4(2)3/h8,10-11,14-19,23-26H,6-7,9,12-13,20-22H2,1-5H3;9,11-12H,5-8,10H2,1-4H3;7-9,11H,5-6,10H2,1-4H3;4-7H,1-3H3;6-7H,5H2,1-4H3;2*1H4;;;;;;;;;;;/q;;+1;;;;;;;;-1;+1;;;;;;/p+2. The Labute approximate surface area is 986 Å². The molecule has 5 aromatic heterocycles. The van der Waals surface area contributed by atoms with Crippen molar-refractivity contribution in [2.75, 3.05) is 59.0 Å². The number of carbonyl (C=O) groups is 2. The van der Waals surface area contributed by atoms with Crippen molar-refractivity contribution in [1.29, 1.82) is 0 Å². The number of unbranched alkanes of at least 4 members (excludes halogenated alkanes) is 6. The van der Waals surface area contributed by atoms with Crippen LogP contribution < -0.4 is 56.3 Å². The zero-order chi connectivity index (χ0) is 110. The number of carboxylic acid groups (broad SMARTS) is 1. The third kappa shape index (κ3) is 41.7. The van der Waals surface area contributed by atoms with Crippen LogP contribution >= 0.6 is 101 Å². The zero-order valence-electron chi connectivity index (χ0n) is 86.2. The number of anilines is 1. The van der Waals surface area contributed by atoms with E-state index in [1.54, 1.807) is 94.8 Å². The van der Waals surface area contributed by atoms with Crippen molar-refractivity contribution in [3.05, 3.63) is 175 Å². The first-order valence-corrected chi connectivity index (χ1v) is 59.1. The molecule has 5 aromatic carbocycles. The van der Waals surface area contributed by atoms with Crippen molar-refractivity contribution in [2.45, 2.75) is 254 Å². The number of aliphatic carboxylic acids is 1. The van der Waals surface area contributed by atoms with Crippen LogP contribution in [0.4, 0.5) is 28.4 Å². The molecule has 5 aliphatic rings. The fourth-order valence-corrected chi connectivity index (χ4v) is 22.9. The molecule has 15 rings (SSSR count). The number of carbonyl (C=O) groups excluding carboxylic acids is 1. The molecular formula is C98H130B4I2KN5O28S12+3. The largest absolute Gasteiger partial charge is 1.00 e. The summed E-state index contributed by atoms with van der Waals surface area (Å²) in [5.74, 6) is -0.694. The number of fused-ring (bicyclic) bond motifs is 15. The van der Waals surface area contributed by atoms with Gasteiger partial charge in [0.2, 0.25) is 17.1 Å². The number of hydrogen-bond donors (Lipinski definition) is 2. The van der Waals surface area contributed by atoms with E-state index in [1.165, 1.54) is 132 Å². The minimum atomic E-state index is -4.43. The molecular weight excluding hydrogens is 2420 g/mol. The van der Waals surface area contributed by atoms with Gasteiger partial charge >= 0.3 is 121 Å². The molecule has 0 bridgehead atoms. The maximum Gasteiger partial charge on any atom is 1.00 e. The normalized spacial score (nSPS) is 14.3. The zero-order valence-corrected chi connectivity index (χ0v) is 103. The van der Waals surface area contributed by atoms with Crippen LogP contribution in [0.3, 0.4) is 0 Å². The number of halogens is 2. The minimum Gasteiger partial charge on any atom is -1.00 e. The van der Waals surface area contributed by atoms with Gasteiger partial charge in [-0.15, -0.1) is 132 Å². The summed E-state index contributed by atoms with van der Waals surface area (Å²) in [4.78, 5) is 28.0. The summed E-state index contributed by atoms with van der Waals surface area (Å²) in [6, 6.07) is 28.4. The van der Waals surface area contributed by atoms with E-state index in [4.69, 9.17) is 99.8 Å². The predicted molar refractivity (Wildman–Crippen MR) is 619 cm³/mol. The molecule has 33 nitrogen and oxygen atoms in total. The summed E-state index contributed by atoms with van der Waals surface area (Å²) in [5.41, 5.74) is 29.3. The smallest absolute Gasteiger partial charge is 1.00 e. The van der Waals surface area contributed by atoms with E-state index in [0.717, 1.165) is 105 Å². The summed E-state index contributed by atoms with van der Waals surface area (Å²) >= 11 is 11.9. The molecule has 11 radical (unpaired) electrons. The second kappa shape index (κ2) is 70.9. The number of aliphatic imine (C=N–C) groups is 1. The van der Waals surface area contributed by atoms with Crippen LogP contribution in [0.1, 0.15) is 236 Å². The molecule has 1 atom stereocenters. The van der Waals surface area contributed by atoms with Crippen molar-refractivity contribution in [2.24, 2.45) is 4.99 Å². The number of carboxylic acids is 1. The molecule has 10 heterocycles. The van der Waals surface area contributed by atoms with Gasteiger partial charge in [-0.2, -0.15) is 66.9 Å². The Balaban J connectivity index is -0.00000181. The first kappa shape index (κ1) is 148. The van der Waals surface area contributed by atoms with Gasteiger partial charge in [0.25, 0.3) is 16.6 Å². The summed E-state index contributed by atoms with van der Waals surface area (Å²) in [5, 5.41) is 25.8. The number of allylic oxidation sites excluding steroid dienone is 6. The third-order valence-electron chi connectivity index (χ3n) is 24.8. The summed E-state index contributed by atoms with van der Waals surface area (Å²) in [6.45, 7) is 42.8. The summed E-state index contributed by atoms with van der Waals surface area (Å²) < 4.78 is 221. The fourth-order valence-electron chi connectivity index (χ4n) is 17.7. The van der Waals surface area contributed by atoms with Crippen LogP contribution in [-0.4, -0.2) is 238 Å². The van der Waals surface area contributed by atoms with Crippen LogP contribution in [0.15, 0.2) is 152 Å². The molecule has 2 N–H and O–H groups in total. The Kier molecular flexibility index (Phi) is 69.7. The van der Waals surface area contributed by atoms with Gasteiger partial charge in [-0.1, -0.05) is 87.5 Å². The number of aryl methyl sites for hydroxylation is 1. The van der Waals surface area contributed by atoms with Crippen LogP contribution in [-0.2, 0) is 129 Å². The van der Waals surface area contributed by atoms with Crippen LogP contribution in [0.2, 0.25) is 0 Å². The van der Waals surface area contributed by atoms with Crippen molar-refractivity contribution in [1.82, 2.24) is 0 Å². The Morgan fingerprint density at radius 2 is 0.893 bits per heavy atom. The van der Waals surface area contributed by atoms with E-state index in [0.29, 0.717) is 24.3 Å². The van der Waals surface area contributed by atoms with E-state index >= 15 is 0 Å². The number of benzene rings is 5. The van der Waals surface area contributed by atoms with Crippen LogP contribution in [0, 0.1) is 6.92 Å². The first-order valence-electron chi connectivity index (χ1n) is 44.8. The molecule has 150 heavy (non-hydrogen) atoms. The molecule has 811 valence electrons. The van der Waals surface area contributed by atoms with Crippen LogP contribution in [0.25, 0.3) is 50.4 Å². The predicted octanol–water partition coefficient (Wildman–Crippen LogP) is 17.8. The molecule has 10 aromatic rings. The van der Waals surface area contributed by atoms with Crippen molar-refractivity contribution < 1.29 is 187 Å². The number of methoxy groups -OCH3 is 3. The second-order valence-corrected chi connectivity index (χ2v) is 43.7. The van der Waals surface area contributed by atoms with Crippen molar-refractivity contribution in [3.8, 4) is 0 Å². The molecule has 52 heteroatoms. The van der Waals surface area contributed by atoms with Gasteiger partial charge in [-0.3, -0.25) is 19.1 Å².